The Labute approximate surface area is 163 Å². The monoisotopic (exact) mass is 357 g/mol. The highest BCUT2D eigenvalue weighted by atomic mass is 14.5. The third-order valence-electron chi connectivity index (χ3n) is 6.06. The molecule has 1 heteroatoms. The molecule has 28 heavy (non-hydrogen) atoms. The van der Waals surface area contributed by atoms with Crippen molar-refractivity contribution >= 4 is 48.8 Å². The molecule has 0 unspecified atom stereocenters. The summed E-state index contributed by atoms with van der Waals surface area (Å²) in [5.41, 5.74) is 10.7. The Morgan fingerprint density at radius 3 is 1.93 bits per heavy atom. The lowest BCUT2D eigenvalue weighted by molar-refractivity contribution is 1.47. The van der Waals surface area contributed by atoms with Crippen molar-refractivity contribution in [3.8, 4) is 11.1 Å². The molecule has 2 N–H and O–H groups in total. The molecule has 6 rings (SSSR count). The minimum absolute atomic E-state index is 0.801. The van der Waals surface area contributed by atoms with Crippen molar-refractivity contribution in [2.45, 2.75) is 6.92 Å². The van der Waals surface area contributed by atoms with Gasteiger partial charge in [0.15, 0.2) is 0 Å². The van der Waals surface area contributed by atoms with Gasteiger partial charge in [0.25, 0.3) is 0 Å². The van der Waals surface area contributed by atoms with Gasteiger partial charge < -0.3 is 5.73 Å². The van der Waals surface area contributed by atoms with E-state index in [0.29, 0.717) is 0 Å². The number of rotatable bonds is 1. The summed E-state index contributed by atoms with van der Waals surface area (Å²) in [6.07, 6.45) is 0. The molecule has 0 spiro atoms. The van der Waals surface area contributed by atoms with Crippen LogP contribution in [0.15, 0.2) is 84.9 Å². The number of benzene rings is 6. The molecule has 6 aromatic rings. The third kappa shape index (κ3) is 1.96. The summed E-state index contributed by atoms with van der Waals surface area (Å²) in [6.45, 7) is 2.16. The molecule has 0 fully saturated rings. The van der Waals surface area contributed by atoms with Gasteiger partial charge in [0.1, 0.15) is 0 Å². The Morgan fingerprint density at radius 1 is 0.536 bits per heavy atom. The molecule has 0 saturated carbocycles. The Bertz CT molecular complexity index is 1520. The quantitative estimate of drug-likeness (QED) is 0.186. The van der Waals surface area contributed by atoms with Crippen molar-refractivity contribution in [3.05, 3.63) is 90.5 Å². The van der Waals surface area contributed by atoms with Crippen molar-refractivity contribution in [2.75, 3.05) is 5.73 Å². The molecule has 0 atom stereocenters. The average Bonchev–Trinajstić information content (AvgIpc) is 2.73. The zero-order valence-corrected chi connectivity index (χ0v) is 15.7. The lowest BCUT2D eigenvalue weighted by atomic mass is 9.85. The van der Waals surface area contributed by atoms with E-state index in [9.17, 15) is 0 Å². The summed E-state index contributed by atoms with van der Waals surface area (Å²) in [6, 6.07) is 30.6. The van der Waals surface area contributed by atoms with Crippen molar-refractivity contribution in [1.29, 1.82) is 0 Å². The summed E-state index contributed by atoms with van der Waals surface area (Å²) in [5, 5.41) is 10.5. The van der Waals surface area contributed by atoms with Gasteiger partial charge in [-0.25, -0.2) is 0 Å². The van der Waals surface area contributed by atoms with Crippen LogP contribution in [0.1, 0.15) is 5.56 Å². The van der Waals surface area contributed by atoms with Gasteiger partial charge in [-0.2, -0.15) is 0 Å². The van der Waals surface area contributed by atoms with Gasteiger partial charge in [-0.05, 0) is 78.8 Å². The van der Waals surface area contributed by atoms with Crippen molar-refractivity contribution < 1.29 is 0 Å². The minimum Gasteiger partial charge on any atom is -0.399 e. The summed E-state index contributed by atoms with van der Waals surface area (Å²) in [7, 11) is 0. The molecule has 0 radical (unpaired) electrons. The van der Waals surface area contributed by atoms with Crippen molar-refractivity contribution in [3.63, 3.8) is 0 Å². The van der Waals surface area contributed by atoms with Crippen LogP contribution in [-0.4, -0.2) is 0 Å². The average molecular weight is 357 g/mol. The molecule has 0 aromatic heterocycles. The van der Waals surface area contributed by atoms with E-state index in [2.05, 4.69) is 85.8 Å². The molecular weight excluding hydrogens is 338 g/mol. The van der Waals surface area contributed by atoms with Crippen LogP contribution in [0.4, 0.5) is 5.69 Å². The first-order valence-corrected chi connectivity index (χ1v) is 9.67. The predicted octanol–water partition coefficient (Wildman–Crippen LogP) is 7.29. The molecule has 1 nitrogen and oxygen atoms in total. The second kappa shape index (κ2) is 5.46. The summed E-state index contributed by atoms with van der Waals surface area (Å²) >= 11 is 0. The summed E-state index contributed by atoms with van der Waals surface area (Å²) in [4.78, 5) is 0. The molecule has 0 bridgehead atoms. The SMILES string of the molecule is Cc1ccc(N)cc1-c1ccc2cccc3c4cccc5cccc(c1c23)c54. The van der Waals surface area contributed by atoms with E-state index >= 15 is 0 Å². The van der Waals surface area contributed by atoms with Crippen molar-refractivity contribution in [1.82, 2.24) is 0 Å². The highest BCUT2D eigenvalue weighted by Crippen LogP contribution is 2.44. The lowest BCUT2D eigenvalue weighted by Gasteiger charge is -2.18. The second-order valence-corrected chi connectivity index (χ2v) is 7.68. The van der Waals surface area contributed by atoms with Crippen LogP contribution in [0.25, 0.3) is 54.2 Å². The van der Waals surface area contributed by atoms with Crippen LogP contribution in [0.2, 0.25) is 0 Å². The fraction of sp³-hybridized carbons (Fsp3) is 0.0370. The maximum atomic E-state index is 6.17. The van der Waals surface area contributed by atoms with Crippen LogP contribution < -0.4 is 5.73 Å². The number of fused-ring (bicyclic) bond motifs is 2. The Hall–Kier alpha value is -3.58. The zero-order valence-electron chi connectivity index (χ0n) is 15.7. The van der Waals surface area contributed by atoms with Gasteiger partial charge in [0.05, 0.1) is 0 Å². The molecule has 0 aliphatic heterocycles. The van der Waals surface area contributed by atoms with Crippen LogP contribution >= 0.6 is 0 Å². The molecule has 0 aliphatic carbocycles. The number of hydrogen-bond acceptors (Lipinski definition) is 1. The van der Waals surface area contributed by atoms with Gasteiger partial charge in [-0.1, -0.05) is 72.8 Å². The van der Waals surface area contributed by atoms with E-state index in [-0.39, 0.29) is 0 Å². The first-order valence-electron chi connectivity index (χ1n) is 9.67. The van der Waals surface area contributed by atoms with Crippen LogP contribution in [0, 0.1) is 6.92 Å². The fourth-order valence-corrected chi connectivity index (χ4v) is 4.81. The highest BCUT2D eigenvalue weighted by molar-refractivity contribution is 6.35. The fourth-order valence-electron chi connectivity index (χ4n) is 4.81. The summed E-state index contributed by atoms with van der Waals surface area (Å²) in [5.74, 6) is 0. The Morgan fingerprint density at radius 2 is 1.18 bits per heavy atom. The normalized spacial score (nSPS) is 11.9. The molecule has 0 amide bonds. The topological polar surface area (TPSA) is 26.0 Å². The van der Waals surface area contributed by atoms with Gasteiger partial charge in [0.2, 0.25) is 0 Å². The Kier molecular flexibility index (Phi) is 3.02. The van der Waals surface area contributed by atoms with Crippen LogP contribution in [0.5, 0.6) is 0 Å². The van der Waals surface area contributed by atoms with E-state index in [1.54, 1.807) is 0 Å². The van der Waals surface area contributed by atoms with Crippen molar-refractivity contribution in [2.24, 2.45) is 0 Å². The second-order valence-electron chi connectivity index (χ2n) is 7.68. The van der Waals surface area contributed by atoms with Gasteiger partial charge >= 0.3 is 0 Å². The van der Waals surface area contributed by atoms with Gasteiger partial charge in [-0.3, -0.25) is 0 Å². The maximum absolute atomic E-state index is 6.17. The zero-order chi connectivity index (χ0) is 18.8. The molecular formula is C27H19N. The molecule has 0 saturated heterocycles. The minimum atomic E-state index is 0.801. The molecule has 6 aromatic carbocycles. The van der Waals surface area contributed by atoms with E-state index in [1.807, 2.05) is 6.07 Å². The molecule has 0 heterocycles. The van der Waals surface area contributed by atoms with Gasteiger partial charge in [0, 0.05) is 5.69 Å². The van der Waals surface area contributed by atoms with E-state index in [0.717, 1.165) is 5.69 Å². The third-order valence-corrected chi connectivity index (χ3v) is 6.06. The first-order chi connectivity index (χ1) is 13.7. The van der Waals surface area contributed by atoms with E-state index < -0.39 is 0 Å². The van der Waals surface area contributed by atoms with Gasteiger partial charge in [-0.15, -0.1) is 0 Å². The number of anilines is 1. The number of aryl methyl sites for hydroxylation is 1. The predicted molar refractivity (Wildman–Crippen MR) is 122 cm³/mol. The summed E-state index contributed by atoms with van der Waals surface area (Å²) < 4.78 is 0. The Balaban J connectivity index is 1.96. The molecule has 0 aliphatic rings. The number of nitrogen functional groups attached to an aromatic ring is 1. The number of nitrogens with two attached hydrogens (primary N) is 1. The smallest absolute Gasteiger partial charge is 0.0320 e. The maximum Gasteiger partial charge on any atom is 0.0320 e. The van der Waals surface area contributed by atoms with Crippen LogP contribution in [-0.2, 0) is 0 Å². The lowest BCUT2D eigenvalue weighted by Crippen LogP contribution is -1.92. The van der Waals surface area contributed by atoms with E-state index in [4.69, 9.17) is 5.73 Å². The first kappa shape index (κ1) is 15.5. The van der Waals surface area contributed by atoms with E-state index in [1.165, 1.54) is 59.8 Å². The number of hydrogen-bond donors (Lipinski definition) is 1. The largest absolute Gasteiger partial charge is 0.399 e. The standard InChI is InChI=1S/C27H19N/c1-16-11-13-19(28)15-24(16)22-14-12-18-7-3-9-21-20-8-2-5-17-6-4-10-23(25(17)20)27(22)26(18)21/h2-15H,28H2,1H3. The molecule has 132 valence electrons. The highest BCUT2D eigenvalue weighted by Gasteiger charge is 2.16. The van der Waals surface area contributed by atoms with Crippen LogP contribution in [0.3, 0.4) is 0 Å².